The second-order valence-corrected chi connectivity index (χ2v) is 4.32. The average molecular weight is 298 g/mol. The van der Waals surface area contributed by atoms with E-state index < -0.39 is 17.6 Å². The molecule has 1 heterocycles. The highest BCUT2D eigenvalue weighted by atomic mass is 19.4. The lowest BCUT2D eigenvalue weighted by atomic mass is 10.2. The molecule has 112 valence electrons. The third-order valence-electron chi connectivity index (χ3n) is 2.70. The van der Waals surface area contributed by atoms with Gasteiger partial charge in [0.1, 0.15) is 5.69 Å². The maximum Gasteiger partial charge on any atom is 0.416 e. The number of rotatable bonds is 4. The largest absolute Gasteiger partial charge is 0.416 e. The van der Waals surface area contributed by atoms with E-state index in [0.717, 1.165) is 12.1 Å². The van der Waals surface area contributed by atoms with Crippen molar-refractivity contribution in [1.82, 2.24) is 9.55 Å². The second-order valence-electron chi connectivity index (χ2n) is 4.32. The van der Waals surface area contributed by atoms with E-state index in [1.54, 1.807) is 4.57 Å². The number of carbonyl (C=O) groups excluding carboxylic acids is 1. The molecule has 0 saturated carbocycles. The Labute approximate surface area is 118 Å². The maximum absolute atomic E-state index is 12.6. The van der Waals surface area contributed by atoms with Crippen LogP contribution in [0.5, 0.6) is 0 Å². The number of hydrogen-bond donors (Lipinski definition) is 2. The fourth-order valence-electron chi connectivity index (χ4n) is 1.72. The molecule has 0 atom stereocenters. The molecule has 1 amide bonds. The molecule has 0 aliphatic rings. The zero-order chi connectivity index (χ0) is 15.5. The zero-order valence-corrected chi connectivity index (χ0v) is 10.9. The highest BCUT2D eigenvalue weighted by Crippen LogP contribution is 2.30. The first-order chi connectivity index (χ1) is 9.90. The van der Waals surface area contributed by atoms with Gasteiger partial charge < -0.3 is 15.6 Å². The summed E-state index contributed by atoms with van der Waals surface area (Å²) in [5.74, 6) is -0.579. The molecule has 1 aromatic heterocycles. The van der Waals surface area contributed by atoms with Crippen molar-refractivity contribution in [3.63, 3.8) is 0 Å². The summed E-state index contributed by atoms with van der Waals surface area (Å²) < 4.78 is 39.4. The molecule has 5 nitrogen and oxygen atoms in total. The minimum absolute atomic E-state index is 0.0585. The van der Waals surface area contributed by atoms with E-state index >= 15 is 0 Å². The number of halogens is 3. The van der Waals surface area contributed by atoms with Crippen LogP contribution in [0.4, 0.5) is 18.9 Å². The van der Waals surface area contributed by atoms with Crippen LogP contribution >= 0.6 is 0 Å². The van der Waals surface area contributed by atoms with Crippen LogP contribution < -0.4 is 11.1 Å². The molecular weight excluding hydrogens is 285 g/mol. The molecule has 8 heteroatoms. The van der Waals surface area contributed by atoms with Crippen molar-refractivity contribution in [2.24, 2.45) is 5.73 Å². The van der Waals surface area contributed by atoms with Gasteiger partial charge in [-0.15, -0.1) is 0 Å². The minimum atomic E-state index is -4.45. The van der Waals surface area contributed by atoms with E-state index in [2.05, 4.69) is 10.3 Å². The van der Waals surface area contributed by atoms with Gasteiger partial charge in [0.05, 0.1) is 11.9 Å². The van der Waals surface area contributed by atoms with E-state index in [0.29, 0.717) is 13.1 Å². The standard InChI is InChI=1S/C13H13F3N4O/c14-13(15,16)9-2-1-3-10(6-9)19-12(21)11-7-20(5-4-17)8-18-11/h1-3,6-8H,4-5,17H2,(H,19,21). The van der Waals surface area contributed by atoms with Crippen molar-refractivity contribution < 1.29 is 18.0 Å². The summed E-state index contributed by atoms with van der Waals surface area (Å²) >= 11 is 0. The van der Waals surface area contributed by atoms with Crippen molar-refractivity contribution in [1.29, 1.82) is 0 Å². The molecule has 0 bridgehead atoms. The van der Waals surface area contributed by atoms with Gasteiger partial charge in [-0.1, -0.05) is 6.07 Å². The van der Waals surface area contributed by atoms with E-state index in [1.807, 2.05) is 0 Å². The van der Waals surface area contributed by atoms with Gasteiger partial charge in [-0.25, -0.2) is 4.98 Å². The van der Waals surface area contributed by atoms with E-state index in [-0.39, 0.29) is 11.4 Å². The molecule has 2 rings (SSSR count). The lowest BCUT2D eigenvalue weighted by Gasteiger charge is -2.09. The topological polar surface area (TPSA) is 72.9 Å². The van der Waals surface area contributed by atoms with Gasteiger partial charge in [-0.05, 0) is 18.2 Å². The number of hydrogen-bond acceptors (Lipinski definition) is 3. The average Bonchev–Trinajstić information content (AvgIpc) is 2.87. The smallest absolute Gasteiger partial charge is 0.335 e. The zero-order valence-electron chi connectivity index (χ0n) is 10.9. The van der Waals surface area contributed by atoms with Crippen LogP contribution in [0, 0.1) is 0 Å². The van der Waals surface area contributed by atoms with Crippen molar-refractivity contribution in [3.05, 3.63) is 48.0 Å². The molecule has 0 aliphatic heterocycles. The third kappa shape index (κ3) is 3.82. The first-order valence-electron chi connectivity index (χ1n) is 6.10. The van der Waals surface area contributed by atoms with Gasteiger partial charge in [-0.3, -0.25) is 4.79 Å². The Hall–Kier alpha value is -2.35. The highest BCUT2D eigenvalue weighted by molar-refractivity contribution is 6.02. The second kappa shape index (κ2) is 5.96. The first-order valence-corrected chi connectivity index (χ1v) is 6.10. The minimum Gasteiger partial charge on any atom is -0.335 e. The first kappa shape index (κ1) is 15.0. The van der Waals surface area contributed by atoms with Gasteiger partial charge in [-0.2, -0.15) is 13.2 Å². The Morgan fingerprint density at radius 2 is 2.14 bits per heavy atom. The number of alkyl halides is 3. The van der Waals surface area contributed by atoms with E-state index in [1.165, 1.54) is 24.7 Å². The number of carbonyl (C=O) groups is 1. The number of anilines is 1. The molecular formula is C13H13F3N4O. The molecule has 2 aromatic rings. The molecule has 0 fully saturated rings. The van der Waals surface area contributed by atoms with Crippen LogP contribution in [0.1, 0.15) is 16.1 Å². The molecule has 0 unspecified atom stereocenters. The molecule has 3 N–H and O–H groups in total. The van der Waals surface area contributed by atoms with Gasteiger partial charge >= 0.3 is 6.18 Å². The third-order valence-corrected chi connectivity index (χ3v) is 2.70. The summed E-state index contributed by atoms with van der Waals surface area (Å²) in [6.45, 7) is 0.898. The number of nitrogens with two attached hydrogens (primary N) is 1. The maximum atomic E-state index is 12.6. The predicted octanol–water partition coefficient (Wildman–Crippen LogP) is 2.11. The van der Waals surface area contributed by atoms with Gasteiger partial charge in [0, 0.05) is 25.0 Å². The Balaban J connectivity index is 2.12. The Kier molecular flexibility index (Phi) is 4.27. The van der Waals surface area contributed by atoms with Crippen LogP contribution in [0.25, 0.3) is 0 Å². The SMILES string of the molecule is NCCn1cnc(C(=O)Nc2cccc(C(F)(F)F)c2)c1. The summed E-state index contributed by atoms with van der Waals surface area (Å²) in [6, 6.07) is 4.41. The number of nitrogens with one attached hydrogen (secondary N) is 1. The summed E-state index contributed by atoms with van der Waals surface area (Å²) in [6.07, 6.45) is -1.53. The fraction of sp³-hybridized carbons (Fsp3) is 0.231. The number of nitrogens with zero attached hydrogens (tertiary/aromatic N) is 2. The Morgan fingerprint density at radius 1 is 1.38 bits per heavy atom. The van der Waals surface area contributed by atoms with Crippen LogP contribution in [0.3, 0.4) is 0 Å². The van der Waals surface area contributed by atoms with Crippen molar-refractivity contribution in [2.45, 2.75) is 12.7 Å². The fourth-order valence-corrected chi connectivity index (χ4v) is 1.72. The molecule has 0 radical (unpaired) electrons. The van der Waals surface area contributed by atoms with Crippen LogP contribution in [0.15, 0.2) is 36.8 Å². The lowest BCUT2D eigenvalue weighted by Crippen LogP contribution is -2.14. The quantitative estimate of drug-likeness (QED) is 0.908. The van der Waals surface area contributed by atoms with Crippen molar-refractivity contribution in [3.8, 4) is 0 Å². The highest BCUT2D eigenvalue weighted by Gasteiger charge is 2.30. The van der Waals surface area contributed by atoms with Crippen molar-refractivity contribution in [2.75, 3.05) is 11.9 Å². The summed E-state index contributed by atoms with van der Waals surface area (Å²) in [5, 5.41) is 2.38. The molecule has 21 heavy (non-hydrogen) atoms. The number of imidazole rings is 1. The van der Waals surface area contributed by atoms with Gasteiger partial charge in [0.2, 0.25) is 0 Å². The summed E-state index contributed by atoms with van der Waals surface area (Å²) in [5.41, 5.74) is 4.72. The van der Waals surface area contributed by atoms with E-state index in [4.69, 9.17) is 5.73 Å². The monoisotopic (exact) mass is 298 g/mol. The summed E-state index contributed by atoms with van der Waals surface area (Å²) in [4.78, 5) is 15.8. The Morgan fingerprint density at radius 3 is 2.81 bits per heavy atom. The number of amides is 1. The number of aromatic nitrogens is 2. The van der Waals surface area contributed by atoms with Crippen LogP contribution in [-0.2, 0) is 12.7 Å². The normalized spacial score (nSPS) is 11.4. The van der Waals surface area contributed by atoms with E-state index in [9.17, 15) is 18.0 Å². The predicted molar refractivity (Wildman–Crippen MR) is 70.7 cm³/mol. The lowest BCUT2D eigenvalue weighted by molar-refractivity contribution is -0.137. The van der Waals surface area contributed by atoms with Crippen LogP contribution in [0.2, 0.25) is 0 Å². The Bertz CT molecular complexity index is 636. The summed E-state index contributed by atoms with van der Waals surface area (Å²) in [7, 11) is 0. The van der Waals surface area contributed by atoms with Gasteiger partial charge in [0.25, 0.3) is 5.91 Å². The molecule has 0 saturated heterocycles. The molecule has 1 aromatic carbocycles. The number of benzene rings is 1. The van der Waals surface area contributed by atoms with Gasteiger partial charge in [0.15, 0.2) is 0 Å². The van der Waals surface area contributed by atoms with Crippen LogP contribution in [-0.4, -0.2) is 22.0 Å². The van der Waals surface area contributed by atoms with Crippen molar-refractivity contribution >= 4 is 11.6 Å². The molecule has 0 aliphatic carbocycles. The molecule has 0 spiro atoms.